The molecule has 3 aromatic carbocycles. The van der Waals surface area contributed by atoms with Gasteiger partial charge in [0.25, 0.3) is 5.91 Å². The van der Waals surface area contributed by atoms with E-state index in [-0.39, 0.29) is 22.2 Å². The predicted molar refractivity (Wildman–Crippen MR) is 158 cm³/mol. The van der Waals surface area contributed by atoms with Crippen molar-refractivity contribution in [2.45, 2.75) is 63.5 Å². The standard InChI is InChI=1S/C32H38FNO4S/c1-21(35)16-23-10-14-28(37-7)29(17-23)38-27-15-11-24(18-25(27)20-39-31(2,3)4)30(36)34-32(5,6)19-22-8-12-26(33)13-9-22/h8-15,17-18,35H,1,16,19-20H2,2-7H3,(H,34,36). The van der Waals surface area contributed by atoms with Crippen LogP contribution in [0.5, 0.6) is 17.2 Å². The molecule has 0 heterocycles. The zero-order valence-electron chi connectivity index (χ0n) is 23.6. The van der Waals surface area contributed by atoms with E-state index in [0.717, 1.165) is 16.7 Å². The van der Waals surface area contributed by atoms with Crippen LogP contribution >= 0.6 is 11.8 Å². The van der Waals surface area contributed by atoms with Gasteiger partial charge in [-0.3, -0.25) is 4.79 Å². The lowest BCUT2D eigenvalue weighted by Crippen LogP contribution is -2.45. The zero-order chi connectivity index (χ0) is 28.8. The Morgan fingerprint density at radius 3 is 2.21 bits per heavy atom. The van der Waals surface area contributed by atoms with Crippen LogP contribution < -0.4 is 14.8 Å². The van der Waals surface area contributed by atoms with Gasteiger partial charge in [0.1, 0.15) is 11.6 Å². The van der Waals surface area contributed by atoms with Crippen LogP contribution in [0.2, 0.25) is 0 Å². The fourth-order valence-corrected chi connectivity index (χ4v) is 4.84. The van der Waals surface area contributed by atoms with Gasteiger partial charge < -0.3 is 19.9 Å². The molecular formula is C32H38FNO4S. The van der Waals surface area contributed by atoms with E-state index in [9.17, 15) is 14.3 Å². The minimum atomic E-state index is -0.547. The summed E-state index contributed by atoms with van der Waals surface area (Å²) in [6, 6.07) is 17.2. The van der Waals surface area contributed by atoms with Crippen LogP contribution in [0.4, 0.5) is 4.39 Å². The van der Waals surface area contributed by atoms with Gasteiger partial charge in [-0.25, -0.2) is 4.39 Å². The van der Waals surface area contributed by atoms with Crippen molar-refractivity contribution in [2.75, 3.05) is 7.11 Å². The van der Waals surface area contributed by atoms with E-state index in [4.69, 9.17) is 9.47 Å². The third kappa shape index (κ3) is 9.36. The monoisotopic (exact) mass is 551 g/mol. The van der Waals surface area contributed by atoms with E-state index in [1.54, 1.807) is 49.2 Å². The topological polar surface area (TPSA) is 67.8 Å². The van der Waals surface area contributed by atoms with Gasteiger partial charge in [0.2, 0.25) is 0 Å². The van der Waals surface area contributed by atoms with Gasteiger partial charge in [-0.15, -0.1) is 0 Å². The maximum absolute atomic E-state index is 13.3. The van der Waals surface area contributed by atoms with Gasteiger partial charge in [-0.1, -0.05) is 45.5 Å². The molecule has 0 atom stereocenters. The Kier molecular flexibility index (Phi) is 9.73. The predicted octanol–water partition coefficient (Wildman–Crippen LogP) is 8.02. The molecule has 0 saturated heterocycles. The van der Waals surface area contributed by atoms with E-state index in [0.29, 0.717) is 41.4 Å². The Morgan fingerprint density at radius 2 is 1.59 bits per heavy atom. The Labute approximate surface area is 235 Å². The molecular weight excluding hydrogens is 513 g/mol. The minimum absolute atomic E-state index is 0.00573. The average molecular weight is 552 g/mol. The number of ether oxygens (including phenoxy) is 2. The summed E-state index contributed by atoms with van der Waals surface area (Å²) in [6.45, 7) is 13.9. The molecule has 39 heavy (non-hydrogen) atoms. The summed E-state index contributed by atoms with van der Waals surface area (Å²) in [6.07, 6.45) is 0.864. The maximum Gasteiger partial charge on any atom is 0.251 e. The molecule has 0 aliphatic heterocycles. The number of allylic oxidation sites excluding steroid dienone is 1. The number of hydrogen-bond donors (Lipinski definition) is 2. The first-order valence-corrected chi connectivity index (χ1v) is 13.8. The fourth-order valence-electron chi connectivity index (χ4n) is 4.03. The molecule has 0 bridgehead atoms. The third-order valence-corrected chi connectivity index (χ3v) is 7.17. The third-order valence-electron chi connectivity index (χ3n) is 5.85. The number of amides is 1. The van der Waals surface area contributed by atoms with Crippen molar-refractivity contribution in [3.8, 4) is 17.2 Å². The minimum Gasteiger partial charge on any atom is -0.513 e. The summed E-state index contributed by atoms with van der Waals surface area (Å²) in [5.41, 5.74) is 2.63. The SMILES string of the molecule is C=C(O)Cc1ccc(OC)c(Oc2ccc(C(=O)NC(C)(C)Cc3ccc(F)cc3)cc2CSC(C)(C)C)c1. The largest absolute Gasteiger partial charge is 0.513 e. The highest BCUT2D eigenvalue weighted by Crippen LogP contribution is 2.37. The number of rotatable bonds is 11. The highest BCUT2D eigenvalue weighted by atomic mass is 32.2. The Bertz CT molecular complexity index is 1310. The van der Waals surface area contributed by atoms with Crippen LogP contribution in [0.1, 0.15) is 61.7 Å². The smallest absolute Gasteiger partial charge is 0.251 e. The average Bonchev–Trinajstić information content (AvgIpc) is 2.83. The summed E-state index contributed by atoms with van der Waals surface area (Å²) >= 11 is 1.75. The molecule has 0 aliphatic rings. The van der Waals surface area contributed by atoms with Gasteiger partial charge in [-0.05, 0) is 73.9 Å². The summed E-state index contributed by atoms with van der Waals surface area (Å²) in [5, 5.41) is 12.8. The van der Waals surface area contributed by atoms with Crippen LogP contribution in [0.3, 0.4) is 0 Å². The van der Waals surface area contributed by atoms with Crippen molar-refractivity contribution in [2.24, 2.45) is 0 Å². The first-order chi connectivity index (χ1) is 18.2. The number of carbonyl (C=O) groups excluding carboxylic acids is 1. The molecule has 0 spiro atoms. The normalized spacial score (nSPS) is 11.7. The lowest BCUT2D eigenvalue weighted by Gasteiger charge is -2.27. The molecule has 3 aromatic rings. The van der Waals surface area contributed by atoms with Crippen molar-refractivity contribution in [1.82, 2.24) is 5.32 Å². The van der Waals surface area contributed by atoms with E-state index in [2.05, 4.69) is 32.7 Å². The zero-order valence-corrected chi connectivity index (χ0v) is 24.4. The van der Waals surface area contributed by atoms with Crippen molar-refractivity contribution in [3.63, 3.8) is 0 Å². The molecule has 0 fully saturated rings. The Balaban J connectivity index is 1.88. The van der Waals surface area contributed by atoms with E-state index in [1.165, 1.54) is 12.1 Å². The second kappa shape index (κ2) is 12.6. The number of aliphatic hydroxyl groups is 1. The van der Waals surface area contributed by atoms with Gasteiger partial charge in [0.05, 0.1) is 12.9 Å². The molecule has 3 rings (SSSR count). The molecule has 0 saturated carbocycles. The molecule has 208 valence electrons. The quantitative estimate of drug-likeness (QED) is 0.236. The Hall–Kier alpha value is -3.45. The molecule has 0 radical (unpaired) electrons. The van der Waals surface area contributed by atoms with Crippen LogP contribution in [0, 0.1) is 5.82 Å². The van der Waals surface area contributed by atoms with Crippen LogP contribution in [0.25, 0.3) is 0 Å². The number of carbonyl (C=O) groups is 1. The summed E-state index contributed by atoms with van der Waals surface area (Å²) in [4.78, 5) is 13.3. The van der Waals surface area contributed by atoms with Crippen molar-refractivity contribution in [1.29, 1.82) is 0 Å². The number of methoxy groups -OCH3 is 1. The van der Waals surface area contributed by atoms with E-state index < -0.39 is 5.54 Å². The summed E-state index contributed by atoms with van der Waals surface area (Å²) in [7, 11) is 1.57. The molecule has 2 N–H and O–H groups in total. The van der Waals surface area contributed by atoms with Gasteiger partial charge in [0, 0.05) is 33.6 Å². The molecule has 1 amide bonds. The molecule has 0 aromatic heterocycles. The second-order valence-corrected chi connectivity index (χ2v) is 13.0. The number of hydrogen-bond acceptors (Lipinski definition) is 5. The number of benzene rings is 3. The highest BCUT2D eigenvalue weighted by Gasteiger charge is 2.23. The molecule has 5 nitrogen and oxygen atoms in total. The lowest BCUT2D eigenvalue weighted by atomic mass is 9.94. The van der Waals surface area contributed by atoms with Gasteiger partial charge in [0.15, 0.2) is 11.5 Å². The number of thioether (sulfide) groups is 1. The number of aliphatic hydroxyl groups excluding tert-OH is 1. The van der Waals surface area contributed by atoms with Gasteiger partial charge in [-0.2, -0.15) is 11.8 Å². The lowest BCUT2D eigenvalue weighted by molar-refractivity contribution is 0.0913. The molecule has 0 unspecified atom stereocenters. The van der Waals surface area contributed by atoms with Crippen LogP contribution in [-0.2, 0) is 18.6 Å². The van der Waals surface area contributed by atoms with Crippen molar-refractivity contribution < 1.29 is 23.8 Å². The van der Waals surface area contributed by atoms with E-state index >= 15 is 0 Å². The fraction of sp³-hybridized carbons (Fsp3) is 0.344. The van der Waals surface area contributed by atoms with Crippen molar-refractivity contribution in [3.05, 3.63) is 101 Å². The van der Waals surface area contributed by atoms with Crippen molar-refractivity contribution >= 4 is 17.7 Å². The summed E-state index contributed by atoms with van der Waals surface area (Å²) in [5.74, 6) is 1.90. The maximum atomic E-state index is 13.3. The number of nitrogens with one attached hydrogen (secondary N) is 1. The number of halogens is 1. The van der Waals surface area contributed by atoms with E-state index in [1.807, 2.05) is 32.0 Å². The van der Waals surface area contributed by atoms with Gasteiger partial charge >= 0.3 is 0 Å². The molecule has 0 aliphatic carbocycles. The highest BCUT2D eigenvalue weighted by molar-refractivity contribution is 7.99. The van der Waals surface area contributed by atoms with Crippen LogP contribution in [0.15, 0.2) is 73.0 Å². The first-order valence-electron chi connectivity index (χ1n) is 12.8. The first kappa shape index (κ1) is 30.1. The second-order valence-electron chi connectivity index (χ2n) is 11.2. The molecule has 7 heteroatoms. The summed E-state index contributed by atoms with van der Waals surface area (Å²) < 4.78 is 25.1. The van der Waals surface area contributed by atoms with Crippen LogP contribution in [-0.4, -0.2) is 28.4 Å². The Morgan fingerprint density at radius 1 is 0.949 bits per heavy atom.